The van der Waals surface area contributed by atoms with Crippen LogP contribution in [0.15, 0.2) is 72.8 Å². The molecule has 0 saturated carbocycles. The first-order chi connectivity index (χ1) is 10.8. The zero-order valence-electron chi connectivity index (χ0n) is 12.0. The number of rotatable bonds is 2. The van der Waals surface area contributed by atoms with Gasteiger partial charge in [0.1, 0.15) is 0 Å². The summed E-state index contributed by atoms with van der Waals surface area (Å²) in [6.45, 7) is 0. The molecule has 0 amide bonds. The molecule has 1 heterocycles. The number of benzene rings is 3. The zero-order valence-corrected chi connectivity index (χ0v) is 12.7. The van der Waals surface area contributed by atoms with E-state index in [1.165, 1.54) is 10.8 Å². The lowest BCUT2D eigenvalue weighted by molar-refractivity contribution is 1.11. The molecule has 0 radical (unpaired) electrons. The molecule has 0 aliphatic rings. The first-order valence-electron chi connectivity index (χ1n) is 7.32. The Morgan fingerprint density at radius 2 is 1.45 bits per heavy atom. The van der Waals surface area contributed by atoms with E-state index in [9.17, 15) is 0 Å². The largest absolute Gasteiger partial charge is 0.252 e. The minimum absolute atomic E-state index is 0.741. The summed E-state index contributed by atoms with van der Waals surface area (Å²) in [5, 5.41) is 4.37. The maximum atomic E-state index is 6.44. The van der Waals surface area contributed by atoms with Crippen LogP contribution in [-0.2, 0) is 6.42 Å². The van der Waals surface area contributed by atoms with E-state index in [4.69, 9.17) is 16.6 Å². The summed E-state index contributed by atoms with van der Waals surface area (Å²) in [5.74, 6) is 0. The number of fused-ring (bicyclic) bond motifs is 2. The molecule has 0 atom stereocenters. The molecule has 0 N–H and O–H groups in total. The minimum Gasteiger partial charge on any atom is -0.252 e. The normalized spacial score (nSPS) is 11.1. The quantitative estimate of drug-likeness (QED) is 0.467. The molecule has 0 fully saturated rings. The third kappa shape index (κ3) is 2.34. The summed E-state index contributed by atoms with van der Waals surface area (Å²) < 4.78 is 0. The molecule has 3 aromatic carbocycles. The van der Waals surface area contributed by atoms with Crippen LogP contribution in [-0.4, -0.2) is 4.98 Å². The van der Waals surface area contributed by atoms with Gasteiger partial charge < -0.3 is 0 Å². The first kappa shape index (κ1) is 13.3. The van der Waals surface area contributed by atoms with Gasteiger partial charge in [-0.15, -0.1) is 0 Å². The van der Waals surface area contributed by atoms with Crippen LogP contribution >= 0.6 is 11.6 Å². The van der Waals surface area contributed by atoms with E-state index in [-0.39, 0.29) is 0 Å². The Bertz CT molecular complexity index is 975. The Kier molecular flexibility index (Phi) is 3.28. The molecular weight excluding hydrogens is 290 g/mol. The highest BCUT2D eigenvalue weighted by Crippen LogP contribution is 2.28. The van der Waals surface area contributed by atoms with E-state index in [0.29, 0.717) is 0 Å². The summed E-state index contributed by atoms with van der Waals surface area (Å²) in [7, 11) is 0. The van der Waals surface area contributed by atoms with Crippen LogP contribution in [0, 0.1) is 0 Å². The van der Waals surface area contributed by atoms with Crippen molar-refractivity contribution < 1.29 is 0 Å². The van der Waals surface area contributed by atoms with E-state index < -0.39 is 0 Å². The van der Waals surface area contributed by atoms with Crippen LogP contribution < -0.4 is 0 Å². The topological polar surface area (TPSA) is 12.9 Å². The van der Waals surface area contributed by atoms with E-state index in [0.717, 1.165) is 33.6 Å². The van der Waals surface area contributed by atoms with E-state index in [1.807, 2.05) is 30.3 Å². The first-order valence-corrected chi connectivity index (χ1v) is 7.70. The molecule has 0 bridgehead atoms. The minimum atomic E-state index is 0.741. The van der Waals surface area contributed by atoms with Crippen molar-refractivity contribution in [2.75, 3.05) is 0 Å². The van der Waals surface area contributed by atoms with E-state index >= 15 is 0 Å². The standard InChI is InChI=1S/C20H14ClN/c21-19-12-10-14-5-1-3-7-17(14)18(19)13-16-11-9-15-6-2-4-8-20(15)22-16/h1-12H,13H2. The Balaban J connectivity index is 1.83. The van der Waals surface area contributed by atoms with Crippen molar-refractivity contribution in [2.45, 2.75) is 6.42 Å². The van der Waals surface area contributed by atoms with Gasteiger partial charge in [0.15, 0.2) is 0 Å². The van der Waals surface area contributed by atoms with Gasteiger partial charge in [0, 0.05) is 22.5 Å². The maximum absolute atomic E-state index is 6.44. The fraction of sp³-hybridized carbons (Fsp3) is 0.0500. The fourth-order valence-corrected chi connectivity index (χ4v) is 3.11. The van der Waals surface area contributed by atoms with Gasteiger partial charge in [0.25, 0.3) is 0 Å². The van der Waals surface area contributed by atoms with Crippen LogP contribution in [0.1, 0.15) is 11.3 Å². The molecular formula is C20H14ClN. The van der Waals surface area contributed by atoms with Crippen molar-refractivity contribution in [3.8, 4) is 0 Å². The predicted molar refractivity (Wildman–Crippen MR) is 93.5 cm³/mol. The third-order valence-corrected chi connectivity index (χ3v) is 4.35. The van der Waals surface area contributed by atoms with E-state index in [1.54, 1.807) is 0 Å². The number of aromatic nitrogens is 1. The average molecular weight is 304 g/mol. The Hall–Kier alpha value is -2.38. The van der Waals surface area contributed by atoms with Crippen LogP contribution in [0.25, 0.3) is 21.7 Å². The maximum Gasteiger partial charge on any atom is 0.0705 e. The molecule has 4 aromatic rings. The Labute approximate surface area is 134 Å². The SMILES string of the molecule is Clc1ccc2ccccc2c1Cc1ccc2ccccc2n1. The Morgan fingerprint density at radius 3 is 2.36 bits per heavy atom. The van der Waals surface area contributed by atoms with Crippen molar-refractivity contribution in [3.63, 3.8) is 0 Å². The molecule has 4 rings (SSSR count). The molecule has 22 heavy (non-hydrogen) atoms. The lowest BCUT2D eigenvalue weighted by atomic mass is 10.0. The van der Waals surface area contributed by atoms with Crippen molar-refractivity contribution in [3.05, 3.63) is 89.1 Å². The number of nitrogens with zero attached hydrogens (tertiary/aromatic N) is 1. The summed E-state index contributed by atoms with van der Waals surface area (Å²) in [6, 6.07) is 24.8. The number of hydrogen-bond donors (Lipinski definition) is 0. The van der Waals surface area contributed by atoms with Gasteiger partial charge >= 0.3 is 0 Å². The van der Waals surface area contributed by atoms with Crippen LogP contribution in [0.4, 0.5) is 0 Å². The lowest BCUT2D eigenvalue weighted by Gasteiger charge is -2.09. The predicted octanol–water partition coefficient (Wildman–Crippen LogP) is 5.63. The second-order valence-corrected chi connectivity index (χ2v) is 5.83. The fourth-order valence-electron chi connectivity index (χ4n) is 2.88. The second kappa shape index (κ2) is 5.43. The number of halogens is 1. The molecule has 1 nitrogen and oxygen atoms in total. The van der Waals surface area contributed by atoms with Gasteiger partial charge in [-0.05, 0) is 34.5 Å². The highest BCUT2D eigenvalue weighted by atomic mass is 35.5. The molecule has 0 aliphatic heterocycles. The van der Waals surface area contributed by atoms with Gasteiger partial charge in [-0.25, -0.2) is 0 Å². The third-order valence-electron chi connectivity index (χ3n) is 4.00. The lowest BCUT2D eigenvalue weighted by Crippen LogP contribution is -1.95. The van der Waals surface area contributed by atoms with Crippen LogP contribution in [0.5, 0.6) is 0 Å². The van der Waals surface area contributed by atoms with Crippen molar-refractivity contribution in [2.24, 2.45) is 0 Å². The van der Waals surface area contributed by atoms with Gasteiger partial charge in [-0.3, -0.25) is 4.98 Å². The summed E-state index contributed by atoms with van der Waals surface area (Å²) in [5.41, 5.74) is 3.20. The Morgan fingerprint density at radius 1 is 0.727 bits per heavy atom. The average Bonchev–Trinajstić information content (AvgIpc) is 2.57. The zero-order chi connectivity index (χ0) is 14.9. The molecule has 1 aromatic heterocycles. The molecule has 0 unspecified atom stereocenters. The highest BCUT2D eigenvalue weighted by molar-refractivity contribution is 6.32. The summed E-state index contributed by atoms with van der Waals surface area (Å²) >= 11 is 6.44. The van der Waals surface area contributed by atoms with Crippen molar-refractivity contribution in [1.29, 1.82) is 0 Å². The smallest absolute Gasteiger partial charge is 0.0705 e. The molecule has 106 valence electrons. The van der Waals surface area contributed by atoms with Gasteiger partial charge in [0.2, 0.25) is 0 Å². The summed E-state index contributed by atoms with van der Waals surface area (Å²) in [6.07, 6.45) is 0.741. The molecule has 0 spiro atoms. The van der Waals surface area contributed by atoms with Gasteiger partial charge in [-0.1, -0.05) is 66.2 Å². The molecule has 0 saturated heterocycles. The van der Waals surface area contributed by atoms with Crippen LogP contribution in [0.2, 0.25) is 5.02 Å². The van der Waals surface area contributed by atoms with Crippen molar-refractivity contribution >= 4 is 33.3 Å². The van der Waals surface area contributed by atoms with Gasteiger partial charge in [0.05, 0.1) is 5.52 Å². The monoisotopic (exact) mass is 303 g/mol. The molecule has 2 heteroatoms. The van der Waals surface area contributed by atoms with E-state index in [2.05, 4.69) is 42.5 Å². The van der Waals surface area contributed by atoms with Gasteiger partial charge in [-0.2, -0.15) is 0 Å². The number of pyridine rings is 1. The number of hydrogen-bond acceptors (Lipinski definition) is 1. The summed E-state index contributed by atoms with van der Waals surface area (Å²) in [4.78, 5) is 4.76. The van der Waals surface area contributed by atoms with Crippen LogP contribution in [0.3, 0.4) is 0 Å². The van der Waals surface area contributed by atoms with Crippen molar-refractivity contribution in [1.82, 2.24) is 4.98 Å². The highest BCUT2D eigenvalue weighted by Gasteiger charge is 2.08. The number of para-hydroxylation sites is 1. The molecule has 0 aliphatic carbocycles. The second-order valence-electron chi connectivity index (χ2n) is 5.42.